The highest BCUT2D eigenvalue weighted by atomic mass is 79.9. The molecule has 0 fully saturated rings. The molecule has 6 nitrogen and oxygen atoms in total. The summed E-state index contributed by atoms with van der Waals surface area (Å²) in [6, 6.07) is 3.60. The predicted molar refractivity (Wildman–Crippen MR) is 104 cm³/mol. The molecule has 1 aliphatic heterocycles. The number of halogens is 1. The summed E-state index contributed by atoms with van der Waals surface area (Å²) < 4.78 is 16.6. The minimum absolute atomic E-state index is 0.0353. The Labute approximate surface area is 166 Å². The number of methoxy groups -OCH3 is 3. The molecule has 1 aliphatic carbocycles. The van der Waals surface area contributed by atoms with Gasteiger partial charge in [-0.1, -0.05) is 15.9 Å². The zero-order chi connectivity index (χ0) is 19.7. The van der Waals surface area contributed by atoms with E-state index >= 15 is 0 Å². The number of rotatable bonds is 4. The van der Waals surface area contributed by atoms with Crippen molar-refractivity contribution in [3.05, 3.63) is 33.4 Å². The van der Waals surface area contributed by atoms with Crippen LogP contribution in [0.1, 0.15) is 37.7 Å². The predicted octanol–water partition coefficient (Wildman–Crippen LogP) is 3.82. The normalized spacial score (nSPS) is 22.1. The first-order valence-electron chi connectivity index (χ1n) is 8.73. The first-order valence-corrected chi connectivity index (χ1v) is 9.52. The first-order chi connectivity index (χ1) is 12.9. The number of Topliss-reactive ketones (excluding diaryl/α,β-unsaturated/α-hetero) is 1. The van der Waals surface area contributed by atoms with Gasteiger partial charge in [0.1, 0.15) is 5.92 Å². The lowest BCUT2D eigenvalue weighted by Gasteiger charge is -2.34. The molecular weight excluding hydrogens is 414 g/mol. The number of hydrogen-bond donors (Lipinski definition) is 0. The van der Waals surface area contributed by atoms with Crippen LogP contribution in [0.3, 0.4) is 0 Å². The van der Waals surface area contributed by atoms with Crippen molar-refractivity contribution in [3.8, 4) is 11.5 Å². The monoisotopic (exact) mass is 435 g/mol. The molecule has 1 aromatic rings. The Hall–Kier alpha value is -2.15. The molecule has 0 radical (unpaired) electrons. The van der Waals surface area contributed by atoms with Crippen molar-refractivity contribution in [2.45, 2.75) is 32.1 Å². The lowest BCUT2D eigenvalue weighted by Crippen LogP contribution is -2.37. The van der Waals surface area contributed by atoms with Gasteiger partial charge < -0.3 is 14.2 Å². The quantitative estimate of drug-likeness (QED) is 0.671. The number of esters is 1. The standard InChI is InChI=1S/C20H22BrNO5/c1-10-17(20(24)27-4)18(19-13(22-10)6-5-7-14(19)23)11-8-15(25-2)16(26-3)9-12(11)21/h8-9,17-18H,5-7H2,1-4H3/t17?,18-/m0/s1. The highest BCUT2D eigenvalue weighted by Gasteiger charge is 2.43. The molecule has 1 unspecified atom stereocenters. The van der Waals surface area contributed by atoms with E-state index in [4.69, 9.17) is 14.2 Å². The van der Waals surface area contributed by atoms with Gasteiger partial charge in [-0.15, -0.1) is 0 Å². The Morgan fingerprint density at radius 2 is 1.81 bits per heavy atom. The van der Waals surface area contributed by atoms with Crippen molar-refractivity contribution in [1.82, 2.24) is 0 Å². The molecule has 1 heterocycles. The zero-order valence-electron chi connectivity index (χ0n) is 15.8. The fourth-order valence-electron chi connectivity index (χ4n) is 3.88. The van der Waals surface area contributed by atoms with Crippen LogP contribution in [0.4, 0.5) is 0 Å². The second kappa shape index (κ2) is 7.84. The van der Waals surface area contributed by atoms with Gasteiger partial charge in [0, 0.05) is 33.8 Å². The van der Waals surface area contributed by atoms with E-state index in [1.54, 1.807) is 20.3 Å². The lowest BCUT2D eigenvalue weighted by atomic mass is 9.71. The van der Waals surface area contributed by atoms with Crippen molar-refractivity contribution in [3.63, 3.8) is 0 Å². The number of allylic oxidation sites excluding steroid dienone is 2. The molecule has 0 amide bonds. The van der Waals surface area contributed by atoms with Crippen LogP contribution in [0.2, 0.25) is 0 Å². The van der Waals surface area contributed by atoms with Crippen LogP contribution in [-0.4, -0.2) is 38.8 Å². The molecule has 27 heavy (non-hydrogen) atoms. The maximum absolute atomic E-state index is 12.8. The molecule has 0 saturated heterocycles. The summed E-state index contributed by atoms with van der Waals surface area (Å²) in [5.74, 6) is -0.420. The second-order valence-electron chi connectivity index (χ2n) is 6.60. The summed E-state index contributed by atoms with van der Waals surface area (Å²) >= 11 is 3.58. The van der Waals surface area contributed by atoms with E-state index < -0.39 is 17.8 Å². The van der Waals surface area contributed by atoms with Crippen LogP contribution in [-0.2, 0) is 14.3 Å². The Morgan fingerprint density at radius 3 is 2.44 bits per heavy atom. The van der Waals surface area contributed by atoms with Gasteiger partial charge in [0.15, 0.2) is 17.3 Å². The number of carbonyl (C=O) groups is 2. The van der Waals surface area contributed by atoms with Gasteiger partial charge in [0.25, 0.3) is 0 Å². The topological polar surface area (TPSA) is 74.2 Å². The molecule has 0 N–H and O–H groups in total. The van der Waals surface area contributed by atoms with Crippen LogP contribution >= 0.6 is 15.9 Å². The van der Waals surface area contributed by atoms with Crippen LogP contribution in [0.5, 0.6) is 11.5 Å². The molecule has 144 valence electrons. The maximum atomic E-state index is 12.8. The van der Waals surface area contributed by atoms with Gasteiger partial charge in [0.2, 0.25) is 0 Å². The molecule has 0 aromatic heterocycles. The minimum Gasteiger partial charge on any atom is -0.493 e. The Bertz CT molecular complexity index is 858. The summed E-state index contributed by atoms with van der Waals surface area (Å²) in [6.07, 6.45) is 1.97. The summed E-state index contributed by atoms with van der Waals surface area (Å²) in [7, 11) is 4.46. The van der Waals surface area contributed by atoms with E-state index in [0.717, 1.165) is 28.6 Å². The lowest BCUT2D eigenvalue weighted by molar-refractivity contribution is -0.143. The molecule has 2 aliphatic rings. The average Bonchev–Trinajstić information content (AvgIpc) is 2.66. The number of aliphatic imine (C=N–C) groups is 1. The van der Waals surface area contributed by atoms with Crippen LogP contribution in [0, 0.1) is 5.92 Å². The van der Waals surface area contributed by atoms with E-state index in [1.165, 1.54) is 7.11 Å². The van der Waals surface area contributed by atoms with E-state index in [2.05, 4.69) is 20.9 Å². The highest BCUT2D eigenvalue weighted by Crippen LogP contribution is 2.47. The molecule has 0 bridgehead atoms. The number of nitrogens with zero attached hydrogens (tertiary/aromatic N) is 1. The second-order valence-corrected chi connectivity index (χ2v) is 7.45. The van der Waals surface area contributed by atoms with Crippen molar-refractivity contribution < 1.29 is 23.8 Å². The molecule has 0 saturated carbocycles. The van der Waals surface area contributed by atoms with Crippen LogP contribution < -0.4 is 9.47 Å². The molecular formula is C20H22BrNO5. The number of carbonyl (C=O) groups excluding carboxylic acids is 2. The number of benzene rings is 1. The highest BCUT2D eigenvalue weighted by molar-refractivity contribution is 9.10. The van der Waals surface area contributed by atoms with Crippen LogP contribution in [0.25, 0.3) is 0 Å². The Balaban J connectivity index is 2.25. The average molecular weight is 436 g/mol. The third kappa shape index (κ3) is 3.40. The largest absolute Gasteiger partial charge is 0.493 e. The molecule has 0 spiro atoms. The summed E-state index contributed by atoms with van der Waals surface area (Å²) in [5, 5.41) is 0. The van der Waals surface area contributed by atoms with Gasteiger partial charge in [-0.25, -0.2) is 0 Å². The number of ether oxygens (including phenoxy) is 3. The van der Waals surface area contributed by atoms with Gasteiger partial charge >= 0.3 is 5.97 Å². The molecule has 7 heteroatoms. The van der Waals surface area contributed by atoms with Crippen molar-refractivity contribution in [2.24, 2.45) is 10.9 Å². The number of ketones is 1. The summed E-state index contributed by atoms with van der Waals surface area (Å²) in [5.41, 5.74) is 2.81. The van der Waals surface area contributed by atoms with Crippen molar-refractivity contribution >= 4 is 33.4 Å². The maximum Gasteiger partial charge on any atom is 0.315 e. The van der Waals surface area contributed by atoms with E-state index in [0.29, 0.717) is 29.2 Å². The van der Waals surface area contributed by atoms with E-state index in [9.17, 15) is 9.59 Å². The number of hydrogen-bond acceptors (Lipinski definition) is 6. The fourth-order valence-corrected chi connectivity index (χ4v) is 4.45. The summed E-state index contributed by atoms with van der Waals surface area (Å²) in [4.78, 5) is 30.0. The van der Waals surface area contributed by atoms with E-state index in [1.807, 2.05) is 13.0 Å². The third-order valence-corrected chi connectivity index (χ3v) is 5.81. The van der Waals surface area contributed by atoms with Gasteiger partial charge in [-0.3, -0.25) is 14.6 Å². The molecule has 1 aromatic carbocycles. The molecule has 3 rings (SSSR count). The smallest absolute Gasteiger partial charge is 0.315 e. The van der Waals surface area contributed by atoms with Gasteiger partial charge in [0.05, 0.1) is 21.3 Å². The van der Waals surface area contributed by atoms with Crippen LogP contribution in [0.15, 0.2) is 32.9 Å². The Kier molecular flexibility index (Phi) is 5.69. The zero-order valence-corrected chi connectivity index (χ0v) is 17.4. The molecule has 2 atom stereocenters. The van der Waals surface area contributed by atoms with Gasteiger partial charge in [-0.2, -0.15) is 0 Å². The summed E-state index contributed by atoms with van der Waals surface area (Å²) in [6.45, 7) is 1.81. The van der Waals surface area contributed by atoms with Crippen molar-refractivity contribution in [2.75, 3.05) is 21.3 Å². The SMILES string of the molecule is COC(=O)C1C(C)=NC2=C(C(=O)CCC2)[C@H]1c1cc(OC)c(OC)cc1Br. The van der Waals surface area contributed by atoms with Gasteiger partial charge in [-0.05, 0) is 37.5 Å². The first kappa shape index (κ1) is 19.6. The Morgan fingerprint density at radius 1 is 1.15 bits per heavy atom. The fraction of sp³-hybridized carbons (Fsp3) is 0.450. The third-order valence-electron chi connectivity index (χ3n) is 5.13. The van der Waals surface area contributed by atoms with Crippen molar-refractivity contribution in [1.29, 1.82) is 0 Å². The minimum atomic E-state index is -0.662. The van der Waals surface area contributed by atoms with E-state index in [-0.39, 0.29) is 5.78 Å².